The summed E-state index contributed by atoms with van der Waals surface area (Å²) in [7, 11) is -3.69. The van der Waals surface area contributed by atoms with E-state index in [4.69, 9.17) is 9.47 Å². The molecule has 5 nitrogen and oxygen atoms in total. The molecule has 1 spiro atoms. The first kappa shape index (κ1) is 16.8. The maximum absolute atomic E-state index is 13.1. The number of halogens is 1. The van der Waals surface area contributed by atoms with Crippen molar-refractivity contribution in [3.8, 4) is 0 Å². The molecule has 3 rings (SSSR count). The smallest absolute Gasteiger partial charge is 0.240 e. The van der Waals surface area contributed by atoms with Gasteiger partial charge in [-0.1, -0.05) is 6.42 Å². The van der Waals surface area contributed by atoms with E-state index in [1.807, 2.05) is 0 Å². The van der Waals surface area contributed by atoms with Crippen LogP contribution in [0.5, 0.6) is 0 Å². The summed E-state index contributed by atoms with van der Waals surface area (Å²) in [4.78, 5) is 0.0881. The SMILES string of the molecule is Cc1cc(F)ccc1S(=O)(=O)NC[C@@H]1COC2(CCCCC2)O1. The van der Waals surface area contributed by atoms with E-state index in [1.165, 1.54) is 18.6 Å². The van der Waals surface area contributed by atoms with E-state index >= 15 is 0 Å². The third kappa shape index (κ3) is 3.74. The van der Waals surface area contributed by atoms with Crippen LogP contribution in [0.3, 0.4) is 0 Å². The molecule has 2 aliphatic rings. The average Bonchev–Trinajstić information content (AvgIpc) is 2.88. The van der Waals surface area contributed by atoms with Crippen molar-refractivity contribution in [1.82, 2.24) is 4.72 Å². The van der Waals surface area contributed by atoms with Crippen molar-refractivity contribution in [3.05, 3.63) is 29.6 Å². The summed E-state index contributed by atoms with van der Waals surface area (Å²) in [6, 6.07) is 3.64. The van der Waals surface area contributed by atoms with Gasteiger partial charge < -0.3 is 9.47 Å². The summed E-state index contributed by atoms with van der Waals surface area (Å²) in [6.45, 7) is 2.12. The number of benzene rings is 1. The van der Waals surface area contributed by atoms with Crippen LogP contribution in [-0.4, -0.2) is 33.5 Å². The predicted molar refractivity (Wildman–Crippen MR) is 83.0 cm³/mol. The number of hydrogen-bond acceptors (Lipinski definition) is 4. The van der Waals surface area contributed by atoms with Crippen molar-refractivity contribution >= 4 is 10.0 Å². The van der Waals surface area contributed by atoms with Crippen LogP contribution >= 0.6 is 0 Å². The molecule has 1 saturated heterocycles. The Hall–Kier alpha value is -1.02. The van der Waals surface area contributed by atoms with E-state index in [-0.39, 0.29) is 17.5 Å². The van der Waals surface area contributed by atoms with E-state index in [0.29, 0.717) is 12.2 Å². The number of ether oxygens (including phenoxy) is 2. The summed E-state index contributed by atoms with van der Waals surface area (Å²) in [6.07, 6.45) is 4.79. The van der Waals surface area contributed by atoms with E-state index in [0.717, 1.165) is 31.7 Å². The average molecular weight is 343 g/mol. The number of hydrogen-bond donors (Lipinski definition) is 1. The number of nitrogens with one attached hydrogen (secondary N) is 1. The number of aryl methyl sites for hydroxylation is 1. The van der Waals surface area contributed by atoms with Crippen molar-refractivity contribution < 1.29 is 22.3 Å². The van der Waals surface area contributed by atoms with Crippen LogP contribution in [0, 0.1) is 12.7 Å². The van der Waals surface area contributed by atoms with Gasteiger partial charge in [-0.2, -0.15) is 0 Å². The van der Waals surface area contributed by atoms with Gasteiger partial charge in [-0.3, -0.25) is 0 Å². The molecule has 0 bridgehead atoms. The largest absolute Gasteiger partial charge is 0.347 e. The Labute approximate surface area is 136 Å². The van der Waals surface area contributed by atoms with Gasteiger partial charge >= 0.3 is 0 Å². The van der Waals surface area contributed by atoms with Crippen molar-refractivity contribution in [3.63, 3.8) is 0 Å². The van der Waals surface area contributed by atoms with Crippen LogP contribution in [0.15, 0.2) is 23.1 Å². The standard InChI is InChI=1S/C16H22FNO4S/c1-12-9-13(17)5-6-15(12)23(19,20)18-10-14-11-21-16(22-14)7-3-2-4-8-16/h5-6,9,14,18H,2-4,7-8,10-11H2,1H3/t14-/m1/s1. The van der Waals surface area contributed by atoms with Crippen molar-refractivity contribution in [1.29, 1.82) is 0 Å². The zero-order valence-electron chi connectivity index (χ0n) is 13.2. The molecule has 1 aliphatic heterocycles. The summed E-state index contributed by atoms with van der Waals surface area (Å²) < 4.78 is 52.1. The van der Waals surface area contributed by atoms with Crippen LogP contribution in [0.1, 0.15) is 37.7 Å². The summed E-state index contributed by atoms with van der Waals surface area (Å²) >= 11 is 0. The minimum atomic E-state index is -3.69. The highest BCUT2D eigenvalue weighted by molar-refractivity contribution is 7.89. The maximum atomic E-state index is 13.1. The third-order valence-electron chi connectivity index (χ3n) is 4.46. The highest BCUT2D eigenvalue weighted by atomic mass is 32.2. The number of sulfonamides is 1. The zero-order valence-corrected chi connectivity index (χ0v) is 14.0. The maximum Gasteiger partial charge on any atom is 0.240 e. The van der Waals surface area contributed by atoms with E-state index in [1.54, 1.807) is 6.92 Å². The third-order valence-corrected chi connectivity index (χ3v) is 6.04. The molecule has 128 valence electrons. The molecule has 0 amide bonds. The summed E-state index contributed by atoms with van der Waals surface area (Å²) in [5, 5.41) is 0. The highest BCUT2D eigenvalue weighted by Gasteiger charge is 2.42. The second-order valence-corrected chi connectivity index (χ2v) is 8.02. The molecule has 1 aromatic carbocycles. The molecule has 0 radical (unpaired) electrons. The lowest BCUT2D eigenvalue weighted by Gasteiger charge is -2.31. The van der Waals surface area contributed by atoms with Crippen LogP contribution < -0.4 is 4.72 Å². The molecule has 1 saturated carbocycles. The van der Waals surface area contributed by atoms with Crippen LogP contribution in [0.2, 0.25) is 0 Å². The minimum Gasteiger partial charge on any atom is -0.347 e. The van der Waals surface area contributed by atoms with Crippen molar-refractivity contribution in [2.75, 3.05) is 13.2 Å². The van der Waals surface area contributed by atoms with Crippen LogP contribution in [0.4, 0.5) is 4.39 Å². The molecule has 2 fully saturated rings. The lowest BCUT2D eigenvalue weighted by Crippen LogP contribution is -2.37. The van der Waals surface area contributed by atoms with E-state index in [2.05, 4.69) is 4.72 Å². The van der Waals surface area contributed by atoms with E-state index in [9.17, 15) is 12.8 Å². The van der Waals surface area contributed by atoms with Crippen molar-refractivity contribution in [2.24, 2.45) is 0 Å². The molecule has 0 aromatic heterocycles. The molecule has 23 heavy (non-hydrogen) atoms. The fraction of sp³-hybridized carbons (Fsp3) is 0.625. The van der Waals surface area contributed by atoms with Crippen LogP contribution in [-0.2, 0) is 19.5 Å². The monoisotopic (exact) mass is 343 g/mol. The zero-order chi connectivity index (χ0) is 16.5. The van der Waals surface area contributed by atoms with Gasteiger partial charge in [0, 0.05) is 19.4 Å². The fourth-order valence-corrected chi connectivity index (χ4v) is 4.56. The van der Waals surface area contributed by atoms with Gasteiger partial charge in [-0.05, 0) is 43.5 Å². The van der Waals surface area contributed by atoms with Gasteiger partial charge in [0.25, 0.3) is 0 Å². The van der Waals surface area contributed by atoms with Gasteiger partial charge in [0.2, 0.25) is 10.0 Å². The molecule has 1 heterocycles. The Morgan fingerprint density at radius 3 is 2.74 bits per heavy atom. The van der Waals surface area contributed by atoms with Gasteiger partial charge in [-0.15, -0.1) is 0 Å². The Kier molecular flexibility index (Phi) is 4.73. The van der Waals surface area contributed by atoms with Gasteiger partial charge in [0.05, 0.1) is 17.6 Å². The minimum absolute atomic E-state index is 0.0881. The van der Waals surface area contributed by atoms with Gasteiger partial charge in [0.1, 0.15) is 5.82 Å². The fourth-order valence-electron chi connectivity index (χ4n) is 3.26. The second-order valence-electron chi connectivity index (χ2n) is 6.28. The molecular weight excluding hydrogens is 321 g/mol. The lowest BCUT2D eigenvalue weighted by molar-refractivity contribution is -0.186. The Morgan fingerprint density at radius 1 is 1.30 bits per heavy atom. The first-order valence-electron chi connectivity index (χ1n) is 7.98. The highest BCUT2D eigenvalue weighted by Crippen LogP contribution is 2.37. The van der Waals surface area contributed by atoms with Gasteiger partial charge in [0.15, 0.2) is 5.79 Å². The summed E-state index contributed by atoms with van der Waals surface area (Å²) in [5.41, 5.74) is 0.379. The van der Waals surface area contributed by atoms with Crippen molar-refractivity contribution in [2.45, 2.75) is 55.8 Å². The molecule has 1 N–H and O–H groups in total. The first-order valence-corrected chi connectivity index (χ1v) is 9.46. The second kappa shape index (κ2) is 6.47. The lowest BCUT2D eigenvalue weighted by atomic mass is 9.94. The molecule has 1 atom stereocenters. The molecular formula is C16H22FNO4S. The Morgan fingerprint density at radius 2 is 2.04 bits per heavy atom. The Bertz CT molecular complexity index is 671. The van der Waals surface area contributed by atoms with Crippen LogP contribution in [0.25, 0.3) is 0 Å². The normalized spacial score (nSPS) is 24.2. The van der Waals surface area contributed by atoms with Gasteiger partial charge in [-0.25, -0.2) is 17.5 Å². The molecule has 1 aliphatic carbocycles. The summed E-state index contributed by atoms with van der Waals surface area (Å²) in [5.74, 6) is -0.964. The quantitative estimate of drug-likeness (QED) is 0.912. The molecule has 0 unspecified atom stereocenters. The molecule has 7 heteroatoms. The predicted octanol–water partition coefficient (Wildman–Crippen LogP) is 2.49. The first-order chi connectivity index (χ1) is 10.9. The Balaban J connectivity index is 1.61. The van der Waals surface area contributed by atoms with E-state index < -0.39 is 21.6 Å². The number of rotatable bonds is 4. The topological polar surface area (TPSA) is 64.6 Å². The molecule has 1 aromatic rings.